The second-order valence-corrected chi connectivity index (χ2v) is 35.8. The van der Waals surface area contributed by atoms with E-state index < -0.39 is 24.2 Å². The predicted molar refractivity (Wildman–Crippen MR) is 333 cm³/mol. The first kappa shape index (κ1) is 78.7. The second-order valence-electron chi connectivity index (χ2n) is 18.1. The maximum atomic E-state index is 10.6. The van der Waals surface area contributed by atoms with E-state index in [1.54, 1.807) is 13.8 Å². The Labute approximate surface area is 518 Å². The summed E-state index contributed by atoms with van der Waals surface area (Å²) in [6.45, 7) is 16.9. The van der Waals surface area contributed by atoms with Crippen molar-refractivity contribution >= 4 is 102 Å². The van der Waals surface area contributed by atoms with Crippen LogP contribution in [0.2, 0.25) is 19.6 Å². The zero-order valence-corrected chi connectivity index (χ0v) is 57.0. The van der Waals surface area contributed by atoms with Crippen LogP contribution in [0.15, 0.2) is 110 Å². The molecule has 4 aromatic carbocycles. The van der Waals surface area contributed by atoms with Crippen molar-refractivity contribution in [2.24, 2.45) is 0 Å². The number of rotatable bonds is 15. The molecule has 0 spiro atoms. The van der Waals surface area contributed by atoms with Crippen LogP contribution in [0.1, 0.15) is 108 Å². The Morgan fingerprint density at radius 2 is 1.02 bits per heavy atom. The summed E-state index contributed by atoms with van der Waals surface area (Å²) in [4.78, 5) is 10.1. The molecule has 0 amide bonds. The fourth-order valence-corrected chi connectivity index (χ4v) is 21.5. The van der Waals surface area contributed by atoms with Crippen LogP contribution in [0, 0.1) is 3.57 Å². The molecule has 13 nitrogen and oxygen atoms in total. The van der Waals surface area contributed by atoms with Crippen LogP contribution in [-0.4, -0.2) is 143 Å². The predicted octanol–water partition coefficient (Wildman–Crippen LogP) is 14.3. The molecule has 3 atom stereocenters. The molecule has 4 N–H and O–H groups in total. The third-order valence-electron chi connectivity index (χ3n) is 11.8. The van der Waals surface area contributed by atoms with Crippen molar-refractivity contribution in [1.82, 2.24) is 0 Å². The number of benzene rings is 4. The van der Waals surface area contributed by atoms with Crippen molar-refractivity contribution in [3.8, 4) is 0 Å². The number of carbonyl (C=O) groups excluding carboxylic acids is 1. The Bertz CT molecular complexity index is 1980. The minimum absolute atomic E-state index is 0.0523. The van der Waals surface area contributed by atoms with Crippen molar-refractivity contribution in [1.29, 1.82) is 0 Å². The number of cyclic esters (lactones) is 1. The molecule has 4 aliphatic heterocycles. The number of aliphatic hydroxyl groups is 4. The van der Waals surface area contributed by atoms with E-state index in [0.717, 1.165) is 30.1 Å². The van der Waals surface area contributed by atoms with E-state index in [9.17, 15) is 19.3 Å². The molecule has 1 radical (unpaired) electrons. The van der Waals surface area contributed by atoms with Gasteiger partial charge in [0.2, 0.25) is 5.79 Å². The first-order chi connectivity index (χ1) is 38.7. The van der Waals surface area contributed by atoms with Gasteiger partial charge >= 0.3 is 114 Å². The van der Waals surface area contributed by atoms with E-state index >= 15 is 0 Å². The van der Waals surface area contributed by atoms with Crippen LogP contribution >= 0.6 is 70.4 Å². The third kappa shape index (κ3) is 37.9. The Morgan fingerprint density at radius 3 is 1.34 bits per heavy atom. The van der Waals surface area contributed by atoms with Gasteiger partial charge in [-0.3, -0.25) is 0 Å². The summed E-state index contributed by atoms with van der Waals surface area (Å²) in [6.07, 6.45) is 8.70. The molecule has 4 fully saturated rings. The van der Waals surface area contributed by atoms with Gasteiger partial charge in [0.1, 0.15) is 32.0 Å². The number of carbonyl (C=O) groups is 1. The molecular weight excluding hydrogens is 1460 g/mol. The van der Waals surface area contributed by atoms with Gasteiger partial charge in [-0.15, -0.1) is 0 Å². The van der Waals surface area contributed by atoms with E-state index in [1.807, 2.05) is 72.8 Å². The maximum Gasteiger partial charge on any atom is 0.354 e. The van der Waals surface area contributed by atoms with Gasteiger partial charge in [-0.1, -0.05) is 103 Å². The van der Waals surface area contributed by atoms with Crippen LogP contribution in [0.5, 0.6) is 0 Å². The van der Waals surface area contributed by atoms with Gasteiger partial charge in [-0.2, -0.15) is 0 Å². The molecule has 4 aromatic rings. The van der Waals surface area contributed by atoms with Crippen LogP contribution < -0.4 is 0 Å². The molecule has 453 valence electrons. The van der Waals surface area contributed by atoms with E-state index in [4.69, 9.17) is 52.5 Å². The number of ether oxygens (including phenoxy) is 8. The van der Waals surface area contributed by atoms with E-state index in [1.165, 1.54) is 61.0 Å². The van der Waals surface area contributed by atoms with E-state index in [-0.39, 0.29) is 44.6 Å². The quantitative estimate of drug-likeness (QED) is 0.0504. The Hall–Kier alpha value is -1.27. The molecule has 4 aliphatic rings. The normalized spacial score (nSPS) is 18.1. The molecule has 0 aromatic heterocycles. The zero-order chi connectivity index (χ0) is 59.7. The molecule has 0 aliphatic carbocycles. The van der Waals surface area contributed by atoms with Gasteiger partial charge in [-0.05, 0) is 101 Å². The van der Waals surface area contributed by atoms with Crippen LogP contribution in [0.3, 0.4) is 0 Å². The molecule has 80 heavy (non-hydrogen) atoms. The van der Waals surface area contributed by atoms with Gasteiger partial charge < -0.3 is 57.5 Å². The number of aliphatic hydroxyl groups excluding tert-OH is 3. The molecule has 0 bridgehead atoms. The van der Waals surface area contributed by atoms with E-state index in [0.29, 0.717) is 84.6 Å². The van der Waals surface area contributed by atoms with Crippen LogP contribution in [0.25, 0.3) is 0 Å². The minimum atomic E-state index is -2.06. The van der Waals surface area contributed by atoms with Crippen molar-refractivity contribution in [2.75, 3.05) is 90.5 Å². The Balaban J connectivity index is 0.000000920. The minimum Gasteiger partial charge on any atom is -0.462 e. The summed E-state index contributed by atoms with van der Waals surface area (Å²) in [5.41, 5.74) is 3.94. The number of unbranched alkanes of at least 4 members (excludes halogenated alkanes) is 3. The monoisotopic (exact) mass is 1540 g/mol. The van der Waals surface area contributed by atoms with Gasteiger partial charge in [0, 0.05) is 38.3 Å². The molecule has 3 unspecified atom stereocenters. The maximum absolute atomic E-state index is 10.6. The van der Waals surface area contributed by atoms with Crippen molar-refractivity contribution in [3.05, 3.63) is 136 Å². The van der Waals surface area contributed by atoms with Gasteiger partial charge in [0.25, 0.3) is 0 Å². The summed E-state index contributed by atoms with van der Waals surface area (Å²) < 4.78 is 77.4. The number of hydrogen-bond donors (Lipinski definition) is 4. The molecule has 4 heterocycles. The van der Waals surface area contributed by atoms with Crippen molar-refractivity contribution in [3.63, 3.8) is 0 Å². The number of hydrogen-bond acceptors (Lipinski definition) is 13. The summed E-state index contributed by atoms with van der Waals surface area (Å²) in [5, 5.41) is 36.3. The SMILES string of the molecule is Brc1ccc(C2COCCO2)cc1.Brc1ccc(I)cc1.CCC[CH2][Sn]([CH2]O)([CH2]CCC)[CH2]CCC.CCO.CC[B]F.FF.O=C1COCCO1.OC1(c2ccc(Br)cc2)COCCO1.OCc1ccc(C2COCCO2)cc1. The first-order valence-corrected chi connectivity index (χ1v) is 38.7. The average molecular weight is 1550 g/mol. The summed E-state index contributed by atoms with van der Waals surface area (Å²) in [6, 6.07) is 31.5. The fraction of sp³-hybridized carbons (Fsp3) is 0.569. The van der Waals surface area contributed by atoms with E-state index in [2.05, 4.69) is 120 Å². The standard InChI is InChI=1S/C11H14O3.C10H11BrO3.C10H11BrO2.C6H4BrI.C4H6O3.3C4H9.C2H5BF.C2H6O.CH3O.F2.Sn/c12-7-9-1-3-10(4-2-9)11-8-13-5-6-14-11;11-9-3-1-8(2-4-9)10(12)7-13-5-6-14-10;11-9-3-1-8(2-4-9)10-7-12-5-6-13-10;7-5-1-3-6(8)4-2-5;5-4-3-6-1-2-7-4;3*1-3-4-2;1-2-3-4;1-2-3;2*1-2;/h1-4,11-12H,5-8H2;1-4,12H,5-7H2;1-4,10H,5-7H2;1-4H;1-3H2;3*1,3-4H2,2H3;2H2,1H3;3H,2H2,1H3;2H,1H2;;. The largest absolute Gasteiger partial charge is 0.462 e. The molecule has 4 saturated heterocycles. The Morgan fingerprint density at radius 1 is 0.613 bits per heavy atom. The Kier molecular flexibility index (Phi) is 51.3. The summed E-state index contributed by atoms with van der Waals surface area (Å²) >= 11 is 10.3. The fourth-order valence-electron chi connectivity index (χ4n) is 7.38. The van der Waals surface area contributed by atoms with Crippen molar-refractivity contribution < 1.29 is 76.6 Å². The molecular formula is C58H87BBr3F3IO13Sn. The molecule has 0 saturated carbocycles. The van der Waals surface area contributed by atoms with Crippen LogP contribution in [0.4, 0.5) is 13.5 Å². The topological polar surface area (TPSA) is 172 Å². The first-order valence-electron chi connectivity index (χ1n) is 27.2. The van der Waals surface area contributed by atoms with Crippen molar-refractivity contribution in [2.45, 2.75) is 117 Å². The molecule has 22 heteroatoms. The molecule has 8 rings (SSSR count). The van der Waals surface area contributed by atoms with Gasteiger partial charge in [-0.25, -0.2) is 4.79 Å². The third-order valence-corrected chi connectivity index (χ3v) is 28.1. The smallest absolute Gasteiger partial charge is 0.354 e. The van der Waals surface area contributed by atoms with Gasteiger partial charge in [0.05, 0.1) is 66.1 Å². The zero-order valence-electron chi connectivity index (χ0n) is 47.3. The number of esters is 1. The number of halogens is 7. The summed E-state index contributed by atoms with van der Waals surface area (Å²) in [5.74, 6) is -1.54. The summed E-state index contributed by atoms with van der Waals surface area (Å²) in [7, 11) is 0.625. The van der Waals surface area contributed by atoms with Crippen LogP contribution in [-0.2, 0) is 55.1 Å². The average Bonchev–Trinajstić information content (AvgIpc) is 3.54. The van der Waals surface area contributed by atoms with Gasteiger partial charge in [0.15, 0.2) is 0 Å². The second kappa shape index (κ2) is 52.1.